The normalized spacial score (nSPS) is 10.3. The molecule has 0 aliphatic heterocycles. The molecule has 2 amide bonds. The second-order valence-electron chi connectivity index (χ2n) is 4.97. The zero-order valence-corrected chi connectivity index (χ0v) is 12.5. The Hall–Kier alpha value is -3.03. The molecule has 0 saturated carbocycles. The number of aromatic hydroxyl groups is 1. The van der Waals surface area contributed by atoms with Crippen LogP contribution >= 0.6 is 0 Å². The van der Waals surface area contributed by atoms with Gasteiger partial charge >= 0.3 is 0 Å². The number of hydrogen-bond acceptors (Lipinski definition) is 3. The van der Waals surface area contributed by atoms with Crippen molar-refractivity contribution < 1.29 is 27.9 Å². The molecule has 3 N–H and O–H groups in total. The summed E-state index contributed by atoms with van der Waals surface area (Å²) < 4.78 is 39.3. The molecule has 0 bridgehead atoms. The molecular formula is C16H13F3N2O3. The largest absolute Gasteiger partial charge is 0.507 e. The summed E-state index contributed by atoms with van der Waals surface area (Å²) in [6.07, 6.45) is 0. The lowest BCUT2D eigenvalue weighted by Gasteiger charge is -2.09. The van der Waals surface area contributed by atoms with Crippen LogP contribution in [0.25, 0.3) is 0 Å². The van der Waals surface area contributed by atoms with Crippen LogP contribution in [0.4, 0.5) is 18.9 Å². The second kappa shape index (κ2) is 7.03. The smallest absolute Gasteiger partial charge is 0.255 e. The van der Waals surface area contributed by atoms with Gasteiger partial charge in [0.05, 0.1) is 17.8 Å². The Balaban J connectivity index is 1.98. The molecule has 0 spiro atoms. The zero-order valence-electron chi connectivity index (χ0n) is 12.5. The van der Waals surface area contributed by atoms with Gasteiger partial charge in [-0.3, -0.25) is 9.59 Å². The molecule has 2 aromatic rings. The molecule has 0 heterocycles. The van der Waals surface area contributed by atoms with Crippen molar-refractivity contribution in [3.63, 3.8) is 0 Å². The van der Waals surface area contributed by atoms with Crippen molar-refractivity contribution in [1.82, 2.24) is 5.32 Å². The number of hydrogen-bond donors (Lipinski definition) is 3. The van der Waals surface area contributed by atoms with E-state index in [1.165, 1.54) is 12.1 Å². The number of phenolic OH excluding ortho intramolecular Hbond substituents is 1. The van der Waals surface area contributed by atoms with E-state index >= 15 is 0 Å². The maximum atomic E-state index is 13.4. The molecule has 126 valence electrons. The predicted octanol–water partition coefficient (Wildman–Crippen LogP) is 2.49. The van der Waals surface area contributed by atoms with Crippen LogP contribution in [0.1, 0.15) is 15.9 Å². The van der Waals surface area contributed by atoms with Crippen LogP contribution in [0.5, 0.6) is 5.75 Å². The van der Waals surface area contributed by atoms with Crippen molar-refractivity contribution in [1.29, 1.82) is 0 Å². The van der Waals surface area contributed by atoms with Gasteiger partial charge < -0.3 is 15.7 Å². The van der Waals surface area contributed by atoms with Gasteiger partial charge in [-0.15, -0.1) is 0 Å². The van der Waals surface area contributed by atoms with Crippen molar-refractivity contribution in [3.05, 3.63) is 58.9 Å². The molecule has 24 heavy (non-hydrogen) atoms. The van der Waals surface area contributed by atoms with Gasteiger partial charge in [0, 0.05) is 0 Å². The summed E-state index contributed by atoms with van der Waals surface area (Å²) in [7, 11) is 0. The number of carbonyl (C=O) groups is 2. The number of nitrogens with one attached hydrogen (secondary N) is 2. The molecule has 0 aliphatic carbocycles. The summed E-state index contributed by atoms with van der Waals surface area (Å²) in [5.74, 6) is -6.44. The van der Waals surface area contributed by atoms with Crippen LogP contribution in [0, 0.1) is 24.4 Å². The highest BCUT2D eigenvalue weighted by atomic mass is 19.2. The van der Waals surface area contributed by atoms with Gasteiger partial charge in [-0.1, -0.05) is 6.07 Å². The minimum atomic E-state index is -1.71. The Morgan fingerprint density at radius 3 is 2.46 bits per heavy atom. The number of benzene rings is 2. The third-order valence-electron chi connectivity index (χ3n) is 3.12. The topological polar surface area (TPSA) is 78.4 Å². The first-order chi connectivity index (χ1) is 11.3. The first-order valence-corrected chi connectivity index (χ1v) is 6.80. The molecule has 8 heteroatoms. The summed E-state index contributed by atoms with van der Waals surface area (Å²) in [6.45, 7) is 1.18. The Bertz CT molecular complexity index is 809. The van der Waals surface area contributed by atoms with Gasteiger partial charge in [0.1, 0.15) is 5.75 Å². The van der Waals surface area contributed by atoms with E-state index in [-0.39, 0.29) is 11.3 Å². The van der Waals surface area contributed by atoms with E-state index in [1.54, 1.807) is 13.0 Å². The fourth-order valence-corrected chi connectivity index (χ4v) is 1.91. The lowest BCUT2D eigenvalue weighted by molar-refractivity contribution is -0.115. The van der Waals surface area contributed by atoms with E-state index in [2.05, 4.69) is 5.32 Å². The molecule has 5 nitrogen and oxygen atoms in total. The third kappa shape index (κ3) is 3.83. The highest BCUT2D eigenvalue weighted by Gasteiger charge is 2.16. The Morgan fingerprint density at radius 1 is 1.08 bits per heavy atom. The first-order valence-electron chi connectivity index (χ1n) is 6.80. The second-order valence-corrected chi connectivity index (χ2v) is 4.97. The van der Waals surface area contributed by atoms with Crippen LogP contribution in [0.15, 0.2) is 30.3 Å². The lowest BCUT2D eigenvalue weighted by atomic mass is 10.1. The standard InChI is InChI=1S/C16H13F3N2O3/c1-8-2-3-9(12(22)6-8)16(24)20-7-13(23)21-11-5-4-10(17)14(18)15(11)19/h2-6,22H,7H2,1H3,(H,20,24)(H,21,23). The van der Waals surface area contributed by atoms with E-state index in [1.807, 2.05) is 5.32 Å². The van der Waals surface area contributed by atoms with Crippen molar-refractivity contribution in [2.45, 2.75) is 6.92 Å². The summed E-state index contributed by atoms with van der Waals surface area (Å²) in [4.78, 5) is 23.5. The number of phenols is 1. The number of amides is 2. The van der Waals surface area contributed by atoms with Gasteiger partial charge in [0.25, 0.3) is 5.91 Å². The maximum absolute atomic E-state index is 13.4. The first kappa shape index (κ1) is 17.3. The van der Waals surface area contributed by atoms with Gasteiger partial charge in [-0.2, -0.15) is 0 Å². The molecule has 0 atom stereocenters. The molecule has 0 fully saturated rings. The Labute approximate surface area is 135 Å². The summed E-state index contributed by atoms with van der Waals surface area (Å²) in [5, 5.41) is 13.9. The molecular weight excluding hydrogens is 325 g/mol. The van der Waals surface area contributed by atoms with Crippen molar-refractivity contribution >= 4 is 17.5 Å². The average molecular weight is 338 g/mol. The summed E-state index contributed by atoms with van der Waals surface area (Å²) in [5.41, 5.74) is 0.161. The Kier molecular flexibility index (Phi) is 5.08. The molecule has 0 aromatic heterocycles. The van der Waals surface area contributed by atoms with Gasteiger partial charge in [0.2, 0.25) is 5.91 Å². The van der Waals surface area contributed by atoms with Crippen LogP contribution in [0.2, 0.25) is 0 Å². The molecule has 0 unspecified atom stereocenters. The van der Waals surface area contributed by atoms with E-state index in [0.717, 1.165) is 11.6 Å². The van der Waals surface area contributed by atoms with Crippen molar-refractivity contribution in [2.75, 3.05) is 11.9 Å². The zero-order chi connectivity index (χ0) is 17.9. The minimum Gasteiger partial charge on any atom is -0.507 e. The number of rotatable bonds is 4. The van der Waals surface area contributed by atoms with E-state index in [9.17, 15) is 27.9 Å². The van der Waals surface area contributed by atoms with Crippen molar-refractivity contribution in [2.24, 2.45) is 0 Å². The van der Waals surface area contributed by atoms with Crippen molar-refractivity contribution in [3.8, 4) is 5.75 Å². The fourth-order valence-electron chi connectivity index (χ4n) is 1.91. The molecule has 2 aromatic carbocycles. The van der Waals surface area contributed by atoms with Gasteiger partial charge in [0.15, 0.2) is 17.5 Å². The number of carbonyl (C=O) groups excluding carboxylic acids is 2. The average Bonchev–Trinajstić information content (AvgIpc) is 2.53. The maximum Gasteiger partial charge on any atom is 0.255 e. The van der Waals surface area contributed by atoms with E-state index < -0.39 is 41.5 Å². The molecule has 2 rings (SSSR count). The number of aryl methyl sites for hydroxylation is 1. The SMILES string of the molecule is Cc1ccc(C(=O)NCC(=O)Nc2ccc(F)c(F)c2F)c(O)c1. The van der Waals surface area contributed by atoms with Crippen LogP contribution in [-0.4, -0.2) is 23.5 Å². The van der Waals surface area contributed by atoms with Gasteiger partial charge in [-0.25, -0.2) is 13.2 Å². The fraction of sp³-hybridized carbons (Fsp3) is 0.125. The minimum absolute atomic E-state index is 0.0348. The van der Waals surface area contributed by atoms with Crippen LogP contribution in [0.3, 0.4) is 0 Å². The van der Waals surface area contributed by atoms with E-state index in [0.29, 0.717) is 6.07 Å². The van der Waals surface area contributed by atoms with Crippen LogP contribution < -0.4 is 10.6 Å². The predicted molar refractivity (Wildman–Crippen MR) is 80.1 cm³/mol. The quantitative estimate of drug-likeness (QED) is 0.750. The molecule has 0 aliphatic rings. The highest BCUT2D eigenvalue weighted by Crippen LogP contribution is 2.20. The monoisotopic (exact) mass is 338 g/mol. The molecule has 0 saturated heterocycles. The van der Waals surface area contributed by atoms with Gasteiger partial charge in [-0.05, 0) is 36.8 Å². The summed E-state index contributed by atoms with van der Waals surface area (Å²) >= 11 is 0. The highest BCUT2D eigenvalue weighted by molar-refractivity contribution is 6.00. The third-order valence-corrected chi connectivity index (χ3v) is 3.12. The lowest BCUT2D eigenvalue weighted by Crippen LogP contribution is -2.33. The van der Waals surface area contributed by atoms with Crippen LogP contribution in [-0.2, 0) is 4.79 Å². The number of anilines is 1. The van der Waals surface area contributed by atoms with E-state index in [4.69, 9.17) is 0 Å². The Morgan fingerprint density at radius 2 is 1.79 bits per heavy atom. The summed E-state index contributed by atoms with van der Waals surface area (Å²) in [6, 6.07) is 5.89. The number of halogens is 3. The molecule has 0 radical (unpaired) electrons.